The van der Waals surface area contributed by atoms with Gasteiger partial charge in [0.15, 0.2) is 5.65 Å². The molecule has 7 nitrogen and oxygen atoms in total. The zero-order valence-corrected chi connectivity index (χ0v) is 20.0. The minimum absolute atomic E-state index is 0.304. The fraction of sp³-hybridized carbons (Fsp3) is 0.214. The van der Waals surface area contributed by atoms with Crippen LogP contribution in [-0.2, 0) is 6.42 Å². The van der Waals surface area contributed by atoms with Gasteiger partial charge in [-0.15, -0.1) is 10.2 Å². The third kappa shape index (κ3) is 4.26. The molecule has 0 atom stereocenters. The van der Waals surface area contributed by atoms with Gasteiger partial charge in [-0.05, 0) is 36.2 Å². The lowest BCUT2D eigenvalue weighted by molar-refractivity contribution is 0.0757. The smallest absolute Gasteiger partial charge is 0.259 e. The summed E-state index contributed by atoms with van der Waals surface area (Å²) < 4.78 is 30.6. The van der Waals surface area contributed by atoms with Gasteiger partial charge in [0.1, 0.15) is 23.0 Å². The summed E-state index contributed by atoms with van der Waals surface area (Å²) in [6, 6.07) is 21.3. The molecule has 6 rings (SSSR count). The maximum atomic E-state index is 14.3. The molecular formula is C28H24F2N6O. The highest BCUT2D eigenvalue weighted by molar-refractivity contribution is 5.95. The topological polar surface area (TPSA) is 66.6 Å². The molecule has 0 N–H and O–H groups in total. The van der Waals surface area contributed by atoms with E-state index < -0.39 is 23.1 Å². The van der Waals surface area contributed by atoms with Crippen molar-refractivity contribution in [3.8, 4) is 0 Å². The van der Waals surface area contributed by atoms with Crippen LogP contribution in [-0.4, -0.2) is 56.6 Å². The second kappa shape index (κ2) is 9.57. The molecule has 1 saturated heterocycles. The van der Waals surface area contributed by atoms with E-state index in [2.05, 4.69) is 15.1 Å². The molecule has 1 fully saturated rings. The zero-order valence-electron chi connectivity index (χ0n) is 20.0. The van der Waals surface area contributed by atoms with Gasteiger partial charge in [-0.3, -0.25) is 4.79 Å². The second-order valence-corrected chi connectivity index (χ2v) is 9.10. The number of carbonyl (C=O) groups excluding carboxylic acids is 1. The van der Waals surface area contributed by atoms with Crippen LogP contribution in [0.3, 0.4) is 0 Å². The Labute approximate surface area is 212 Å². The zero-order chi connectivity index (χ0) is 25.4. The van der Waals surface area contributed by atoms with Gasteiger partial charge in [0.2, 0.25) is 5.95 Å². The highest BCUT2D eigenvalue weighted by Crippen LogP contribution is 2.26. The van der Waals surface area contributed by atoms with E-state index >= 15 is 0 Å². The minimum atomic E-state index is -0.848. The van der Waals surface area contributed by atoms with Crippen LogP contribution in [0.15, 0.2) is 72.8 Å². The molecule has 0 radical (unpaired) electrons. The lowest BCUT2D eigenvalue weighted by Gasteiger charge is -2.24. The van der Waals surface area contributed by atoms with E-state index in [1.807, 2.05) is 59.0 Å². The largest absolute Gasteiger partial charge is 0.340 e. The Morgan fingerprint density at radius 1 is 0.811 bits per heavy atom. The summed E-state index contributed by atoms with van der Waals surface area (Å²) in [4.78, 5) is 21.6. The van der Waals surface area contributed by atoms with E-state index in [1.165, 1.54) is 11.0 Å². The standard InChI is InChI=1S/C28H24F2N6O/c29-21-11-6-12-22(30)25(21)27(37)34-14-7-15-35(17-16-34)28-31-23-13-5-4-10-20(23)26-33-32-24(36(26)28)18-19-8-2-1-3-9-19/h1-6,8-13H,7,14-18H2. The Morgan fingerprint density at radius 2 is 1.57 bits per heavy atom. The Morgan fingerprint density at radius 3 is 2.38 bits per heavy atom. The quantitative estimate of drug-likeness (QED) is 0.365. The Hall–Kier alpha value is -4.40. The first-order valence-corrected chi connectivity index (χ1v) is 12.2. The number of rotatable bonds is 4. The molecule has 3 aromatic carbocycles. The predicted molar refractivity (Wildman–Crippen MR) is 137 cm³/mol. The number of halogens is 2. The lowest BCUT2D eigenvalue weighted by Crippen LogP contribution is -2.36. The van der Waals surface area contributed by atoms with Crippen LogP contribution in [0.5, 0.6) is 0 Å². The molecule has 5 aromatic rings. The molecule has 1 aliphatic heterocycles. The molecule has 0 unspecified atom stereocenters. The van der Waals surface area contributed by atoms with Crippen LogP contribution >= 0.6 is 0 Å². The van der Waals surface area contributed by atoms with Gasteiger partial charge >= 0.3 is 0 Å². The molecule has 186 valence electrons. The first-order valence-electron chi connectivity index (χ1n) is 12.2. The van der Waals surface area contributed by atoms with Crippen LogP contribution in [0.25, 0.3) is 16.6 Å². The van der Waals surface area contributed by atoms with Crippen LogP contribution in [0.4, 0.5) is 14.7 Å². The molecule has 3 heterocycles. The number of fused-ring (bicyclic) bond motifs is 3. The third-order valence-corrected chi connectivity index (χ3v) is 6.74. The maximum Gasteiger partial charge on any atom is 0.259 e. The SMILES string of the molecule is O=C(c1c(F)cccc1F)N1CCCN(c2nc3ccccc3c3nnc(Cc4ccccc4)n23)CC1. The second-order valence-electron chi connectivity index (χ2n) is 9.10. The summed E-state index contributed by atoms with van der Waals surface area (Å²) in [6.07, 6.45) is 1.20. The van der Waals surface area contributed by atoms with E-state index in [4.69, 9.17) is 4.98 Å². The summed E-state index contributed by atoms with van der Waals surface area (Å²) in [5.74, 6) is -0.878. The van der Waals surface area contributed by atoms with Crippen molar-refractivity contribution >= 4 is 28.4 Å². The summed E-state index contributed by atoms with van der Waals surface area (Å²) >= 11 is 0. The van der Waals surface area contributed by atoms with Gasteiger partial charge in [-0.2, -0.15) is 0 Å². The van der Waals surface area contributed by atoms with Gasteiger partial charge in [0.25, 0.3) is 5.91 Å². The first-order chi connectivity index (χ1) is 18.1. The van der Waals surface area contributed by atoms with E-state index in [-0.39, 0.29) is 0 Å². The van der Waals surface area contributed by atoms with Gasteiger partial charge < -0.3 is 9.80 Å². The highest BCUT2D eigenvalue weighted by Gasteiger charge is 2.27. The molecule has 37 heavy (non-hydrogen) atoms. The van der Waals surface area contributed by atoms with Crippen molar-refractivity contribution in [3.05, 3.63) is 101 Å². The molecule has 1 amide bonds. The molecule has 9 heteroatoms. The summed E-state index contributed by atoms with van der Waals surface area (Å²) in [6.45, 7) is 1.76. The number of hydrogen-bond donors (Lipinski definition) is 0. The van der Waals surface area contributed by atoms with Crippen molar-refractivity contribution in [1.82, 2.24) is 24.5 Å². The molecule has 0 saturated carbocycles. The molecule has 0 bridgehead atoms. The molecule has 0 spiro atoms. The highest BCUT2D eigenvalue weighted by atomic mass is 19.1. The van der Waals surface area contributed by atoms with Crippen molar-refractivity contribution in [2.45, 2.75) is 12.8 Å². The van der Waals surface area contributed by atoms with Crippen molar-refractivity contribution in [2.24, 2.45) is 0 Å². The normalized spacial score (nSPS) is 14.3. The number of carbonyl (C=O) groups is 1. The third-order valence-electron chi connectivity index (χ3n) is 6.74. The molecular weight excluding hydrogens is 474 g/mol. The van der Waals surface area contributed by atoms with Gasteiger partial charge in [-0.25, -0.2) is 18.2 Å². The Bertz CT molecular complexity index is 1580. The minimum Gasteiger partial charge on any atom is -0.340 e. The Balaban J connectivity index is 1.37. The molecule has 0 aliphatic carbocycles. The van der Waals surface area contributed by atoms with E-state index in [0.717, 1.165) is 40.1 Å². The number of hydrogen-bond acceptors (Lipinski definition) is 5. The van der Waals surface area contributed by atoms with E-state index in [1.54, 1.807) is 0 Å². The van der Waals surface area contributed by atoms with Gasteiger partial charge in [0, 0.05) is 38.0 Å². The van der Waals surface area contributed by atoms with Crippen LogP contribution < -0.4 is 4.90 Å². The summed E-state index contributed by atoms with van der Waals surface area (Å²) in [5.41, 5.74) is 2.12. The van der Waals surface area contributed by atoms with Crippen LogP contribution in [0, 0.1) is 11.6 Å². The Kier molecular flexibility index (Phi) is 5.96. The van der Waals surface area contributed by atoms with Gasteiger partial charge in [-0.1, -0.05) is 48.5 Å². The fourth-order valence-corrected chi connectivity index (χ4v) is 4.90. The molecule has 2 aromatic heterocycles. The monoisotopic (exact) mass is 498 g/mol. The average molecular weight is 499 g/mol. The van der Waals surface area contributed by atoms with Gasteiger partial charge in [0.05, 0.1) is 5.52 Å². The lowest BCUT2D eigenvalue weighted by atomic mass is 10.1. The number of anilines is 1. The fourth-order valence-electron chi connectivity index (χ4n) is 4.90. The average Bonchev–Trinajstić information content (AvgIpc) is 3.17. The number of nitrogens with zero attached hydrogens (tertiary/aromatic N) is 6. The van der Waals surface area contributed by atoms with Crippen molar-refractivity contribution < 1.29 is 13.6 Å². The number of aromatic nitrogens is 4. The van der Waals surface area contributed by atoms with E-state index in [0.29, 0.717) is 45.0 Å². The van der Waals surface area contributed by atoms with Crippen molar-refractivity contribution in [3.63, 3.8) is 0 Å². The summed E-state index contributed by atoms with van der Waals surface area (Å²) in [7, 11) is 0. The van der Waals surface area contributed by atoms with E-state index in [9.17, 15) is 13.6 Å². The number of para-hydroxylation sites is 1. The van der Waals surface area contributed by atoms with Crippen LogP contribution in [0.2, 0.25) is 0 Å². The summed E-state index contributed by atoms with van der Waals surface area (Å²) in [5, 5.41) is 9.95. The first kappa shape index (κ1) is 23.0. The van der Waals surface area contributed by atoms with Crippen molar-refractivity contribution in [2.75, 3.05) is 31.1 Å². The van der Waals surface area contributed by atoms with Crippen LogP contribution in [0.1, 0.15) is 28.2 Å². The number of benzene rings is 3. The molecule has 1 aliphatic rings. The maximum absolute atomic E-state index is 14.3. The predicted octanol–water partition coefficient (Wildman–Crippen LogP) is 4.50. The number of amides is 1. The van der Waals surface area contributed by atoms with Crippen molar-refractivity contribution in [1.29, 1.82) is 0 Å².